The van der Waals surface area contributed by atoms with E-state index in [1.165, 1.54) is 16.8 Å². The van der Waals surface area contributed by atoms with Gasteiger partial charge in [-0.1, -0.05) is 0 Å². The minimum atomic E-state index is 0.322. The Labute approximate surface area is 126 Å². The number of phenols is 1. The molecule has 4 aromatic rings. The fourth-order valence-corrected chi connectivity index (χ4v) is 3.67. The van der Waals surface area contributed by atoms with E-state index in [9.17, 15) is 5.11 Å². The Bertz CT molecular complexity index is 1080. The summed E-state index contributed by atoms with van der Waals surface area (Å²) in [4.78, 5) is 4.64. The van der Waals surface area contributed by atoms with Crippen LogP contribution in [0.1, 0.15) is 11.3 Å². The van der Waals surface area contributed by atoms with E-state index >= 15 is 0 Å². The second kappa shape index (κ2) is 3.91. The Hall–Kier alpha value is -2.75. The molecule has 0 saturated carbocycles. The monoisotopic (exact) mass is 290 g/mol. The largest absolute Gasteiger partial charge is 0.508 e. The van der Waals surface area contributed by atoms with Crippen molar-refractivity contribution in [2.75, 3.05) is 7.11 Å². The standard InChI is InChI=1S/C18H14N2O2/c1-22-13-4-5-14-15-7-12(21)6-10-2-3-11-9-19-18(16(14)8-13)20(11)17(10)15/h4-9,21H,2-3H2,1H3. The van der Waals surface area contributed by atoms with Gasteiger partial charge in [0.15, 0.2) is 0 Å². The number of aromatic nitrogens is 2. The van der Waals surface area contributed by atoms with Gasteiger partial charge in [0.1, 0.15) is 17.1 Å². The van der Waals surface area contributed by atoms with E-state index in [0.717, 1.165) is 40.4 Å². The molecule has 5 rings (SSSR count). The van der Waals surface area contributed by atoms with Gasteiger partial charge in [-0.25, -0.2) is 4.98 Å². The van der Waals surface area contributed by atoms with Gasteiger partial charge >= 0.3 is 0 Å². The number of hydrogen-bond acceptors (Lipinski definition) is 3. The van der Waals surface area contributed by atoms with E-state index in [4.69, 9.17) is 4.74 Å². The summed E-state index contributed by atoms with van der Waals surface area (Å²) < 4.78 is 7.60. The van der Waals surface area contributed by atoms with E-state index in [1.54, 1.807) is 7.11 Å². The number of methoxy groups -OCH3 is 1. The first-order chi connectivity index (χ1) is 10.8. The Morgan fingerprint density at radius 3 is 2.86 bits per heavy atom. The first-order valence-corrected chi connectivity index (χ1v) is 7.38. The van der Waals surface area contributed by atoms with Gasteiger partial charge in [0, 0.05) is 22.7 Å². The van der Waals surface area contributed by atoms with E-state index in [0.29, 0.717) is 5.75 Å². The van der Waals surface area contributed by atoms with Gasteiger partial charge in [0.25, 0.3) is 0 Å². The summed E-state index contributed by atoms with van der Waals surface area (Å²) in [5.74, 6) is 1.14. The van der Waals surface area contributed by atoms with Gasteiger partial charge < -0.3 is 9.84 Å². The SMILES string of the molecule is COc1ccc2c(c1)c1ncc3n1c1c(cc(O)cc21)CC3. The van der Waals surface area contributed by atoms with Gasteiger partial charge in [0.2, 0.25) is 0 Å². The summed E-state index contributed by atoms with van der Waals surface area (Å²) in [5, 5.41) is 13.3. The number of pyridine rings is 1. The lowest BCUT2D eigenvalue weighted by molar-refractivity contribution is 0.415. The van der Waals surface area contributed by atoms with Gasteiger partial charge in [-0.2, -0.15) is 0 Å². The van der Waals surface area contributed by atoms with E-state index in [1.807, 2.05) is 30.5 Å². The molecular formula is C18H14N2O2. The molecule has 2 aromatic heterocycles. The quantitative estimate of drug-likeness (QED) is 0.546. The highest BCUT2D eigenvalue weighted by molar-refractivity contribution is 6.13. The molecule has 0 saturated heterocycles. The maximum absolute atomic E-state index is 10.1. The molecule has 108 valence electrons. The van der Waals surface area contributed by atoms with E-state index < -0.39 is 0 Å². The van der Waals surface area contributed by atoms with Gasteiger partial charge in [0.05, 0.1) is 12.6 Å². The van der Waals surface area contributed by atoms with Crippen LogP contribution in [0.3, 0.4) is 0 Å². The fraction of sp³-hybridized carbons (Fsp3) is 0.167. The smallest absolute Gasteiger partial charge is 0.145 e. The highest BCUT2D eigenvalue weighted by atomic mass is 16.5. The molecule has 1 aliphatic rings. The zero-order valence-electron chi connectivity index (χ0n) is 12.1. The van der Waals surface area contributed by atoms with Crippen LogP contribution in [0.2, 0.25) is 0 Å². The van der Waals surface area contributed by atoms with E-state index in [-0.39, 0.29) is 0 Å². The predicted molar refractivity (Wildman–Crippen MR) is 85.8 cm³/mol. The van der Waals surface area contributed by atoms with Crippen LogP contribution in [-0.4, -0.2) is 21.6 Å². The van der Waals surface area contributed by atoms with Crippen molar-refractivity contribution in [3.05, 3.63) is 47.8 Å². The maximum Gasteiger partial charge on any atom is 0.145 e. The average Bonchev–Trinajstić information content (AvgIpc) is 2.97. The molecule has 0 radical (unpaired) electrons. The Kier molecular flexibility index (Phi) is 2.11. The summed E-state index contributed by atoms with van der Waals surface area (Å²) in [6.45, 7) is 0. The van der Waals surface area contributed by atoms with Crippen LogP contribution in [0.25, 0.3) is 27.3 Å². The molecule has 1 N–H and O–H groups in total. The molecule has 1 aliphatic heterocycles. The molecule has 2 aromatic carbocycles. The molecule has 22 heavy (non-hydrogen) atoms. The Balaban J connectivity index is 2.14. The molecule has 0 bridgehead atoms. The summed E-state index contributed by atoms with van der Waals surface area (Å²) in [7, 11) is 1.67. The average molecular weight is 290 g/mol. The van der Waals surface area contributed by atoms with Gasteiger partial charge in [-0.3, -0.25) is 4.40 Å². The summed E-state index contributed by atoms with van der Waals surface area (Å²) in [5.41, 5.74) is 4.54. The molecule has 0 unspecified atom stereocenters. The van der Waals surface area contributed by atoms with Gasteiger partial charge in [-0.15, -0.1) is 0 Å². The second-order valence-corrected chi connectivity index (χ2v) is 5.82. The van der Waals surface area contributed by atoms with Crippen LogP contribution in [0.15, 0.2) is 36.5 Å². The number of rotatable bonds is 1. The third kappa shape index (κ3) is 1.34. The normalized spacial score (nSPS) is 13.5. The lowest BCUT2D eigenvalue weighted by Crippen LogP contribution is -2.07. The van der Waals surface area contributed by atoms with Crippen LogP contribution in [0.5, 0.6) is 11.5 Å². The molecule has 0 fully saturated rings. The van der Waals surface area contributed by atoms with Crippen molar-refractivity contribution >= 4 is 27.3 Å². The number of hydrogen-bond donors (Lipinski definition) is 1. The first kappa shape index (κ1) is 11.9. The lowest BCUT2D eigenvalue weighted by Gasteiger charge is -2.19. The number of aromatic hydroxyl groups is 1. The number of aryl methyl sites for hydroxylation is 2. The van der Waals surface area contributed by atoms with Crippen molar-refractivity contribution in [2.45, 2.75) is 12.8 Å². The number of nitrogens with zero attached hydrogens (tertiary/aromatic N) is 2. The molecule has 0 atom stereocenters. The topological polar surface area (TPSA) is 46.8 Å². The van der Waals surface area contributed by atoms with Crippen molar-refractivity contribution in [1.29, 1.82) is 0 Å². The Morgan fingerprint density at radius 1 is 1.09 bits per heavy atom. The van der Waals surface area contributed by atoms with Gasteiger partial charge in [-0.05, 0) is 54.1 Å². The number of ether oxygens (including phenoxy) is 1. The molecule has 0 spiro atoms. The highest BCUT2D eigenvalue weighted by Crippen LogP contribution is 2.38. The second-order valence-electron chi connectivity index (χ2n) is 5.82. The van der Waals surface area contributed by atoms with Crippen LogP contribution in [0.4, 0.5) is 0 Å². The lowest BCUT2D eigenvalue weighted by atomic mass is 9.97. The third-order valence-electron chi connectivity index (χ3n) is 4.64. The zero-order valence-corrected chi connectivity index (χ0v) is 12.1. The summed E-state index contributed by atoms with van der Waals surface area (Å²) >= 11 is 0. The number of fused-ring (bicyclic) bond motifs is 3. The number of imidazole rings is 1. The van der Waals surface area contributed by atoms with Crippen LogP contribution in [0, 0.1) is 0 Å². The van der Waals surface area contributed by atoms with Crippen LogP contribution in [-0.2, 0) is 12.8 Å². The van der Waals surface area contributed by atoms with Crippen molar-refractivity contribution in [3.63, 3.8) is 0 Å². The molecule has 4 heteroatoms. The molecule has 0 amide bonds. The minimum absolute atomic E-state index is 0.322. The summed E-state index contributed by atoms with van der Waals surface area (Å²) in [6.07, 6.45) is 3.85. The Morgan fingerprint density at radius 2 is 2.00 bits per heavy atom. The third-order valence-corrected chi connectivity index (χ3v) is 4.64. The fourth-order valence-electron chi connectivity index (χ4n) is 3.67. The number of benzene rings is 2. The zero-order chi connectivity index (χ0) is 14.8. The minimum Gasteiger partial charge on any atom is -0.508 e. The van der Waals surface area contributed by atoms with Crippen molar-refractivity contribution in [2.24, 2.45) is 0 Å². The van der Waals surface area contributed by atoms with Crippen molar-refractivity contribution in [1.82, 2.24) is 9.38 Å². The molecular weight excluding hydrogens is 276 g/mol. The van der Waals surface area contributed by atoms with Crippen molar-refractivity contribution < 1.29 is 9.84 Å². The van der Waals surface area contributed by atoms with E-state index in [2.05, 4.69) is 15.5 Å². The first-order valence-electron chi connectivity index (χ1n) is 7.38. The number of phenolic OH excluding ortho intramolecular Hbond substituents is 1. The summed E-state index contributed by atoms with van der Waals surface area (Å²) in [6, 6.07) is 9.75. The van der Waals surface area contributed by atoms with Crippen molar-refractivity contribution in [3.8, 4) is 11.5 Å². The van der Waals surface area contributed by atoms with Crippen LogP contribution < -0.4 is 4.74 Å². The predicted octanol–water partition coefficient (Wildman–Crippen LogP) is 3.45. The van der Waals surface area contributed by atoms with Crippen LogP contribution >= 0.6 is 0 Å². The highest BCUT2D eigenvalue weighted by Gasteiger charge is 2.20. The molecule has 0 aliphatic carbocycles. The molecule has 4 nitrogen and oxygen atoms in total. The maximum atomic E-state index is 10.1. The molecule has 3 heterocycles.